The highest BCUT2D eigenvalue weighted by molar-refractivity contribution is 7.09. The van der Waals surface area contributed by atoms with Crippen LogP contribution in [-0.2, 0) is 19.6 Å². The Morgan fingerprint density at radius 3 is 2.81 bits per heavy atom. The van der Waals surface area contributed by atoms with Crippen LogP contribution in [0, 0.1) is 6.92 Å². The quantitative estimate of drug-likeness (QED) is 0.854. The van der Waals surface area contributed by atoms with E-state index in [9.17, 15) is 0 Å². The smallest absolute Gasteiger partial charge is 0.0798 e. The normalized spacial score (nSPS) is 14.8. The zero-order valence-corrected chi connectivity index (χ0v) is 13.5. The Hall–Kier alpha value is -1.30. The van der Waals surface area contributed by atoms with E-state index < -0.39 is 0 Å². The molecule has 1 N–H and O–H groups in total. The van der Waals surface area contributed by atoms with Gasteiger partial charge in [-0.05, 0) is 38.9 Å². The van der Waals surface area contributed by atoms with Crippen molar-refractivity contribution in [3.05, 3.63) is 45.7 Å². The molecule has 0 saturated heterocycles. The topological polar surface area (TPSA) is 41.1 Å². The molecule has 1 aliphatic carbocycles. The van der Waals surface area contributed by atoms with Gasteiger partial charge < -0.3 is 5.32 Å². The van der Waals surface area contributed by atoms with Gasteiger partial charge in [-0.3, -0.25) is 9.88 Å². The molecule has 1 fully saturated rings. The van der Waals surface area contributed by atoms with Crippen molar-refractivity contribution in [2.45, 2.75) is 45.4 Å². The van der Waals surface area contributed by atoms with Crippen molar-refractivity contribution >= 4 is 11.3 Å². The molecule has 1 aliphatic rings. The summed E-state index contributed by atoms with van der Waals surface area (Å²) in [6.07, 6.45) is 2.63. The maximum Gasteiger partial charge on any atom is 0.0798 e. The first-order valence-electron chi connectivity index (χ1n) is 7.46. The molecule has 21 heavy (non-hydrogen) atoms. The van der Waals surface area contributed by atoms with Crippen LogP contribution < -0.4 is 5.32 Å². The molecule has 5 heteroatoms. The number of aromatic nitrogens is 2. The molecule has 0 unspecified atom stereocenters. The summed E-state index contributed by atoms with van der Waals surface area (Å²) in [7, 11) is 2.13. The Morgan fingerprint density at radius 2 is 2.10 bits per heavy atom. The monoisotopic (exact) mass is 302 g/mol. The van der Waals surface area contributed by atoms with Crippen LogP contribution in [-0.4, -0.2) is 28.0 Å². The molecule has 0 aromatic carbocycles. The molecule has 0 radical (unpaired) electrons. The number of pyridine rings is 1. The van der Waals surface area contributed by atoms with Crippen LogP contribution in [0.15, 0.2) is 23.7 Å². The van der Waals surface area contributed by atoms with Crippen LogP contribution in [0.3, 0.4) is 0 Å². The number of rotatable bonds is 7. The molecule has 0 atom stereocenters. The van der Waals surface area contributed by atoms with Crippen molar-refractivity contribution in [1.29, 1.82) is 0 Å². The molecule has 4 nitrogen and oxygen atoms in total. The number of aryl methyl sites for hydroxylation is 1. The lowest BCUT2D eigenvalue weighted by Gasteiger charge is -2.16. The van der Waals surface area contributed by atoms with Crippen LogP contribution in [0.4, 0.5) is 0 Å². The van der Waals surface area contributed by atoms with Gasteiger partial charge in [0.05, 0.1) is 22.6 Å². The summed E-state index contributed by atoms with van der Waals surface area (Å²) < 4.78 is 0. The predicted molar refractivity (Wildman–Crippen MR) is 86.1 cm³/mol. The number of hydrogen-bond acceptors (Lipinski definition) is 5. The predicted octanol–water partition coefficient (Wildman–Crippen LogP) is 2.73. The van der Waals surface area contributed by atoms with E-state index >= 15 is 0 Å². The Kier molecular flexibility index (Phi) is 4.63. The third kappa shape index (κ3) is 4.33. The van der Waals surface area contributed by atoms with Gasteiger partial charge in [0.15, 0.2) is 0 Å². The van der Waals surface area contributed by atoms with Gasteiger partial charge in [0.25, 0.3) is 0 Å². The zero-order chi connectivity index (χ0) is 14.7. The average molecular weight is 302 g/mol. The lowest BCUT2D eigenvalue weighted by molar-refractivity contribution is 0.316. The first kappa shape index (κ1) is 14.6. The third-order valence-electron chi connectivity index (χ3n) is 3.70. The van der Waals surface area contributed by atoms with Gasteiger partial charge in [0.2, 0.25) is 0 Å². The number of nitrogens with one attached hydrogen (secondary N) is 1. The van der Waals surface area contributed by atoms with Gasteiger partial charge >= 0.3 is 0 Å². The number of hydrogen-bond donors (Lipinski definition) is 1. The van der Waals surface area contributed by atoms with Crippen molar-refractivity contribution in [1.82, 2.24) is 20.2 Å². The Balaban J connectivity index is 1.55. The molecule has 2 aromatic heterocycles. The van der Waals surface area contributed by atoms with Gasteiger partial charge in [-0.25, -0.2) is 4.98 Å². The lowest BCUT2D eigenvalue weighted by Crippen LogP contribution is -2.19. The summed E-state index contributed by atoms with van der Waals surface area (Å²) in [5, 5.41) is 3.51. The van der Waals surface area contributed by atoms with E-state index in [1.165, 1.54) is 17.7 Å². The molecular formula is C16H22N4S. The van der Waals surface area contributed by atoms with Crippen molar-refractivity contribution < 1.29 is 0 Å². The molecule has 3 rings (SSSR count). The summed E-state index contributed by atoms with van der Waals surface area (Å²) in [6, 6.07) is 7.05. The first-order valence-corrected chi connectivity index (χ1v) is 8.34. The van der Waals surface area contributed by atoms with Crippen molar-refractivity contribution in [3.8, 4) is 0 Å². The molecule has 2 aromatic rings. The molecule has 2 heterocycles. The highest BCUT2D eigenvalue weighted by atomic mass is 32.1. The Labute approximate surface area is 130 Å². The summed E-state index contributed by atoms with van der Waals surface area (Å²) in [6.45, 7) is 4.76. The maximum atomic E-state index is 4.75. The van der Waals surface area contributed by atoms with Gasteiger partial charge in [-0.15, -0.1) is 11.3 Å². The molecular weight excluding hydrogens is 280 g/mol. The maximum absolute atomic E-state index is 4.75. The van der Waals surface area contributed by atoms with Crippen LogP contribution >= 0.6 is 11.3 Å². The van der Waals surface area contributed by atoms with E-state index in [1.54, 1.807) is 11.3 Å². The minimum atomic E-state index is 0.729. The van der Waals surface area contributed by atoms with Gasteiger partial charge in [-0.1, -0.05) is 6.07 Å². The first-order chi connectivity index (χ1) is 10.2. The van der Waals surface area contributed by atoms with Gasteiger partial charge in [0, 0.05) is 30.6 Å². The zero-order valence-electron chi connectivity index (χ0n) is 12.7. The van der Waals surface area contributed by atoms with E-state index in [0.717, 1.165) is 42.8 Å². The lowest BCUT2D eigenvalue weighted by atomic mass is 10.2. The SMILES string of the molecule is Cc1ncsc1CN(C)Cc1cccc(CNC2CC2)n1. The molecule has 0 aliphatic heterocycles. The van der Waals surface area contributed by atoms with Crippen molar-refractivity contribution in [2.75, 3.05) is 7.05 Å². The molecule has 0 bridgehead atoms. The number of nitrogens with zero attached hydrogens (tertiary/aromatic N) is 3. The second kappa shape index (κ2) is 6.64. The summed E-state index contributed by atoms with van der Waals surface area (Å²) >= 11 is 1.73. The van der Waals surface area contributed by atoms with Crippen LogP contribution in [0.2, 0.25) is 0 Å². The second-order valence-corrected chi connectivity index (χ2v) is 6.75. The Bertz CT molecular complexity index is 591. The number of thiazole rings is 1. The van der Waals surface area contributed by atoms with E-state index in [4.69, 9.17) is 4.98 Å². The summed E-state index contributed by atoms with van der Waals surface area (Å²) in [5.74, 6) is 0. The standard InChI is InChI=1S/C16H22N4S/c1-12-16(21-11-18-12)10-20(2)9-15-5-3-4-14(19-15)8-17-13-6-7-13/h3-5,11,13,17H,6-10H2,1-2H3. The van der Waals surface area contributed by atoms with E-state index in [2.05, 4.69) is 47.4 Å². The fourth-order valence-corrected chi connectivity index (χ4v) is 3.16. The Morgan fingerprint density at radius 1 is 1.29 bits per heavy atom. The van der Waals surface area contributed by atoms with E-state index in [1.807, 2.05) is 5.51 Å². The molecule has 112 valence electrons. The van der Waals surface area contributed by atoms with E-state index in [0.29, 0.717) is 0 Å². The third-order valence-corrected chi connectivity index (χ3v) is 4.62. The van der Waals surface area contributed by atoms with Crippen LogP contribution in [0.5, 0.6) is 0 Å². The highest BCUT2D eigenvalue weighted by Gasteiger charge is 2.20. The fraction of sp³-hybridized carbons (Fsp3) is 0.500. The summed E-state index contributed by atoms with van der Waals surface area (Å²) in [4.78, 5) is 12.7. The molecule has 0 amide bonds. The summed E-state index contributed by atoms with van der Waals surface area (Å²) in [5.41, 5.74) is 5.33. The molecule has 0 spiro atoms. The second-order valence-electron chi connectivity index (χ2n) is 5.81. The minimum absolute atomic E-state index is 0.729. The van der Waals surface area contributed by atoms with Gasteiger partial charge in [0.1, 0.15) is 0 Å². The largest absolute Gasteiger partial charge is 0.308 e. The van der Waals surface area contributed by atoms with Crippen molar-refractivity contribution in [3.63, 3.8) is 0 Å². The van der Waals surface area contributed by atoms with Gasteiger partial charge in [-0.2, -0.15) is 0 Å². The molecule has 1 saturated carbocycles. The van der Waals surface area contributed by atoms with Crippen LogP contribution in [0.1, 0.15) is 34.8 Å². The van der Waals surface area contributed by atoms with Crippen molar-refractivity contribution in [2.24, 2.45) is 0 Å². The van der Waals surface area contributed by atoms with Crippen LogP contribution in [0.25, 0.3) is 0 Å². The highest BCUT2D eigenvalue weighted by Crippen LogP contribution is 2.19. The van der Waals surface area contributed by atoms with E-state index in [-0.39, 0.29) is 0 Å². The average Bonchev–Trinajstić information content (AvgIpc) is 3.21. The minimum Gasteiger partial charge on any atom is -0.308 e. The fourth-order valence-electron chi connectivity index (χ4n) is 2.31.